The molecule has 1 unspecified atom stereocenters. The lowest BCUT2D eigenvalue weighted by atomic mass is 9.82. The lowest BCUT2D eigenvalue weighted by Gasteiger charge is -2.25. The Morgan fingerprint density at radius 1 is 1.44 bits per heavy atom. The average Bonchev–Trinajstić information content (AvgIpc) is 2.93. The quantitative estimate of drug-likeness (QED) is 0.447. The van der Waals surface area contributed by atoms with Crippen molar-refractivity contribution in [2.75, 3.05) is 36.2 Å². The van der Waals surface area contributed by atoms with Gasteiger partial charge in [-0.25, -0.2) is 0 Å². The Labute approximate surface area is 126 Å². The summed E-state index contributed by atoms with van der Waals surface area (Å²) < 4.78 is 1.02. The number of hydroxylamine groups is 2. The third-order valence-corrected chi connectivity index (χ3v) is 5.14. The summed E-state index contributed by atoms with van der Waals surface area (Å²) in [4.78, 5) is 7.83. The summed E-state index contributed by atoms with van der Waals surface area (Å²) in [6, 6.07) is 6.28. The molecule has 18 heavy (non-hydrogen) atoms. The highest BCUT2D eigenvalue weighted by atomic mass is 127. The number of nitrogens with zero attached hydrogens (tertiary/aromatic N) is 2. The molecule has 2 aliphatic rings. The van der Waals surface area contributed by atoms with E-state index in [0.717, 1.165) is 35.6 Å². The smallest absolute Gasteiger partial charge is 0.0699 e. The molecule has 0 radical (unpaired) electrons. The molecule has 3 nitrogen and oxygen atoms in total. The van der Waals surface area contributed by atoms with E-state index < -0.39 is 0 Å². The van der Waals surface area contributed by atoms with Crippen molar-refractivity contribution in [3.8, 4) is 0 Å². The number of hydrogen-bond acceptors (Lipinski definition) is 3. The summed E-state index contributed by atoms with van der Waals surface area (Å²) in [6.45, 7) is 3.03. The Kier molecular flexibility index (Phi) is 3.47. The summed E-state index contributed by atoms with van der Waals surface area (Å²) in [7, 11) is 1.75. The number of anilines is 1. The molecule has 0 bridgehead atoms. The van der Waals surface area contributed by atoms with Gasteiger partial charge in [-0.2, -0.15) is 5.06 Å². The van der Waals surface area contributed by atoms with Crippen LogP contribution >= 0.6 is 34.2 Å². The van der Waals surface area contributed by atoms with E-state index in [0.29, 0.717) is 0 Å². The summed E-state index contributed by atoms with van der Waals surface area (Å²) in [5.41, 5.74) is 2.93. The van der Waals surface area contributed by atoms with Crippen molar-refractivity contribution in [2.24, 2.45) is 0 Å². The third kappa shape index (κ3) is 1.94. The first-order valence-corrected chi connectivity index (χ1v) is 7.99. The number of rotatable bonds is 2. The van der Waals surface area contributed by atoms with Crippen LogP contribution in [0.3, 0.4) is 0 Å². The maximum atomic E-state index is 6.18. The lowest BCUT2D eigenvalue weighted by molar-refractivity contribution is -0.115. The molecule has 0 aliphatic carbocycles. The predicted molar refractivity (Wildman–Crippen MR) is 82.6 cm³/mol. The Balaban J connectivity index is 2.02. The summed E-state index contributed by atoms with van der Waals surface area (Å²) in [6.07, 6.45) is 1.14. The number of hydrogen-bond donors (Lipinski definition) is 0. The van der Waals surface area contributed by atoms with Crippen LogP contribution in [0.2, 0.25) is 5.02 Å². The molecule has 1 atom stereocenters. The minimum absolute atomic E-state index is 0.196. The van der Waals surface area contributed by atoms with Crippen LogP contribution in [0.25, 0.3) is 0 Å². The van der Waals surface area contributed by atoms with E-state index >= 15 is 0 Å². The summed E-state index contributed by atoms with van der Waals surface area (Å²) >= 11 is 8.61. The molecule has 0 saturated carbocycles. The topological polar surface area (TPSA) is 15.7 Å². The Morgan fingerprint density at radius 3 is 2.94 bits per heavy atom. The second-order valence-electron chi connectivity index (χ2n) is 5.06. The van der Waals surface area contributed by atoms with Gasteiger partial charge in [-0.3, -0.25) is 0 Å². The maximum absolute atomic E-state index is 6.18. The van der Waals surface area contributed by atoms with Gasteiger partial charge in [0.15, 0.2) is 0 Å². The number of benzene rings is 1. The van der Waals surface area contributed by atoms with Crippen LogP contribution in [-0.2, 0) is 10.3 Å². The zero-order valence-corrected chi connectivity index (χ0v) is 13.2. The highest BCUT2D eigenvalue weighted by Gasteiger charge is 2.47. The normalized spacial score (nSPS) is 27.2. The van der Waals surface area contributed by atoms with E-state index in [9.17, 15) is 0 Å². The molecule has 1 saturated heterocycles. The highest BCUT2D eigenvalue weighted by Crippen LogP contribution is 2.47. The molecule has 0 aromatic heterocycles. The van der Waals surface area contributed by atoms with Gasteiger partial charge in [0.1, 0.15) is 0 Å². The first-order valence-electron chi connectivity index (χ1n) is 6.08. The van der Waals surface area contributed by atoms with E-state index in [2.05, 4.69) is 44.7 Å². The molecule has 1 aromatic carbocycles. The standard InChI is InChI=1S/C13H16ClIN2O/c1-18-17-5-4-13(8-17)7-16(9-15)12-3-2-10(14)6-11(12)13/h2-3,6H,4-5,7-9H2,1H3. The molecule has 98 valence electrons. The minimum Gasteiger partial charge on any atom is -0.361 e. The fourth-order valence-corrected chi connectivity index (χ4v) is 3.97. The number of alkyl halides is 1. The Hall–Kier alpha value is -0.0400. The molecule has 5 heteroatoms. The van der Waals surface area contributed by atoms with Gasteiger partial charge in [-0.1, -0.05) is 34.2 Å². The van der Waals surface area contributed by atoms with Crippen molar-refractivity contribution in [3.63, 3.8) is 0 Å². The van der Waals surface area contributed by atoms with E-state index in [4.69, 9.17) is 16.4 Å². The van der Waals surface area contributed by atoms with Crippen molar-refractivity contribution < 1.29 is 4.84 Å². The molecule has 2 heterocycles. The first-order chi connectivity index (χ1) is 8.68. The van der Waals surface area contributed by atoms with Gasteiger partial charge in [-0.15, -0.1) is 0 Å². The van der Waals surface area contributed by atoms with Crippen LogP contribution < -0.4 is 4.90 Å². The van der Waals surface area contributed by atoms with Crippen molar-refractivity contribution >= 4 is 39.9 Å². The second kappa shape index (κ2) is 4.81. The molecule has 1 spiro atoms. The second-order valence-corrected chi connectivity index (χ2v) is 6.17. The zero-order valence-electron chi connectivity index (χ0n) is 10.3. The van der Waals surface area contributed by atoms with Crippen LogP contribution in [0.1, 0.15) is 12.0 Å². The Morgan fingerprint density at radius 2 is 2.28 bits per heavy atom. The van der Waals surface area contributed by atoms with Crippen LogP contribution in [0.5, 0.6) is 0 Å². The van der Waals surface area contributed by atoms with Gasteiger partial charge in [0, 0.05) is 35.8 Å². The van der Waals surface area contributed by atoms with Crippen LogP contribution in [0, 0.1) is 0 Å². The molecule has 3 rings (SSSR count). The summed E-state index contributed by atoms with van der Waals surface area (Å²) in [5, 5.41) is 2.89. The molecule has 0 amide bonds. The van der Waals surface area contributed by atoms with E-state index in [-0.39, 0.29) is 5.41 Å². The van der Waals surface area contributed by atoms with Crippen molar-refractivity contribution in [2.45, 2.75) is 11.8 Å². The lowest BCUT2D eigenvalue weighted by Crippen LogP contribution is -2.35. The van der Waals surface area contributed by atoms with Crippen molar-refractivity contribution in [1.82, 2.24) is 5.06 Å². The monoisotopic (exact) mass is 378 g/mol. The number of halogens is 2. The van der Waals surface area contributed by atoms with Gasteiger partial charge < -0.3 is 9.74 Å². The minimum atomic E-state index is 0.196. The van der Waals surface area contributed by atoms with Crippen LogP contribution in [0.15, 0.2) is 18.2 Å². The van der Waals surface area contributed by atoms with Gasteiger partial charge in [0.05, 0.1) is 11.7 Å². The molecular formula is C13H16ClIN2O. The fourth-order valence-electron chi connectivity index (χ4n) is 3.19. The zero-order chi connectivity index (χ0) is 12.8. The molecule has 1 aromatic rings. The van der Waals surface area contributed by atoms with Crippen molar-refractivity contribution in [3.05, 3.63) is 28.8 Å². The van der Waals surface area contributed by atoms with Crippen LogP contribution in [0.4, 0.5) is 5.69 Å². The van der Waals surface area contributed by atoms with Gasteiger partial charge in [-0.05, 0) is 30.2 Å². The van der Waals surface area contributed by atoms with Crippen molar-refractivity contribution in [1.29, 1.82) is 0 Å². The highest BCUT2D eigenvalue weighted by molar-refractivity contribution is 14.1. The van der Waals surface area contributed by atoms with E-state index in [1.807, 2.05) is 6.07 Å². The average molecular weight is 379 g/mol. The SMILES string of the molecule is CON1CCC2(C1)CN(CI)c1ccc(Cl)cc12. The van der Waals surface area contributed by atoms with E-state index in [1.165, 1.54) is 11.3 Å². The largest absolute Gasteiger partial charge is 0.361 e. The fraction of sp³-hybridized carbons (Fsp3) is 0.538. The Bertz CT molecular complexity index is 470. The molecule has 0 N–H and O–H groups in total. The number of fused-ring (bicyclic) bond motifs is 2. The third-order valence-electron chi connectivity index (χ3n) is 4.09. The predicted octanol–water partition coefficient (Wildman–Crippen LogP) is 3.06. The van der Waals surface area contributed by atoms with Crippen LogP contribution in [-0.4, -0.2) is 36.4 Å². The molecule has 1 fully saturated rings. The summed E-state index contributed by atoms with van der Waals surface area (Å²) in [5.74, 6) is 0. The van der Waals surface area contributed by atoms with Gasteiger partial charge in [0.25, 0.3) is 0 Å². The molecular weight excluding hydrogens is 363 g/mol. The molecule has 2 aliphatic heterocycles. The van der Waals surface area contributed by atoms with E-state index in [1.54, 1.807) is 7.11 Å². The van der Waals surface area contributed by atoms with Gasteiger partial charge in [0.2, 0.25) is 0 Å². The van der Waals surface area contributed by atoms with Gasteiger partial charge >= 0.3 is 0 Å². The maximum Gasteiger partial charge on any atom is 0.0699 e. The first kappa shape index (κ1) is 13.0.